The predicted molar refractivity (Wildman–Crippen MR) is 68.3 cm³/mol. The highest BCUT2D eigenvalue weighted by Gasteiger charge is 2.04. The van der Waals surface area contributed by atoms with E-state index in [1.165, 1.54) is 0 Å². The summed E-state index contributed by atoms with van der Waals surface area (Å²) in [5.74, 6) is 1.69. The van der Waals surface area contributed by atoms with Crippen molar-refractivity contribution in [3.05, 3.63) is 36.2 Å². The van der Waals surface area contributed by atoms with Gasteiger partial charge in [-0.1, -0.05) is 0 Å². The fraction of sp³-hybridized carbons (Fsp3) is 0.231. The third-order valence-corrected chi connectivity index (χ3v) is 2.61. The summed E-state index contributed by atoms with van der Waals surface area (Å²) in [6, 6.07) is 7.92. The summed E-state index contributed by atoms with van der Waals surface area (Å²) in [4.78, 5) is 8.35. The summed E-state index contributed by atoms with van der Waals surface area (Å²) in [6.45, 7) is 2.02. The Hall–Kier alpha value is -2.10. The molecule has 4 heteroatoms. The van der Waals surface area contributed by atoms with E-state index in [9.17, 15) is 0 Å². The minimum absolute atomic E-state index is 0.809. The molecule has 0 saturated heterocycles. The van der Waals surface area contributed by atoms with Crippen molar-refractivity contribution in [1.82, 2.24) is 9.97 Å². The highest BCUT2D eigenvalue weighted by Crippen LogP contribution is 2.25. The first kappa shape index (κ1) is 11.4. The number of hydrogen-bond acceptors (Lipinski definition) is 4. The molecule has 2 rings (SSSR count). The summed E-state index contributed by atoms with van der Waals surface area (Å²) in [7, 11) is 3.51. The highest BCUT2D eigenvalue weighted by atomic mass is 16.5. The molecule has 1 aromatic heterocycles. The molecule has 1 aromatic carbocycles. The minimum atomic E-state index is 0.809. The lowest BCUT2D eigenvalue weighted by atomic mass is 10.1. The van der Waals surface area contributed by atoms with Gasteiger partial charge in [0.2, 0.25) is 0 Å². The van der Waals surface area contributed by atoms with Gasteiger partial charge in [-0.2, -0.15) is 0 Å². The van der Waals surface area contributed by atoms with Gasteiger partial charge < -0.3 is 10.1 Å². The Morgan fingerprint density at radius 2 is 2.00 bits per heavy atom. The van der Waals surface area contributed by atoms with E-state index in [0.717, 1.165) is 28.4 Å². The summed E-state index contributed by atoms with van der Waals surface area (Å²) in [5.41, 5.74) is 3.05. The third kappa shape index (κ3) is 2.36. The van der Waals surface area contributed by atoms with Crippen LogP contribution in [0.15, 0.2) is 30.6 Å². The maximum Gasteiger partial charge on any atom is 0.129 e. The normalized spacial score (nSPS) is 10.1. The van der Waals surface area contributed by atoms with Crippen LogP contribution in [0.2, 0.25) is 0 Å². The summed E-state index contributed by atoms with van der Waals surface area (Å²) < 4.78 is 5.24. The van der Waals surface area contributed by atoms with Crippen LogP contribution >= 0.6 is 0 Å². The number of rotatable bonds is 3. The van der Waals surface area contributed by atoms with Gasteiger partial charge in [0.15, 0.2) is 0 Å². The van der Waals surface area contributed by atoms with E-state index in [0.29, 0.717) is 0 Å². The quantitative estimate of drug-likeness (QED) is 0.878. The van der Waals surface area contributed by atoms with E-state index in [4.69, 9.17) is 4.74 Å². The van der Waals surface area contributed by atoms with Crippen molar-refractivity contribution in [1.29, 1.82) is 0 Å². The van der Waals surface area contributed by atoms with E-state index >= 15 is 0 Å². The van der Waals surface area contributed by atoms with Crippen LogP contribution in [0.3, 0.4) is 0 Å². The second kappa shape index (κ2) is 4.82. The van der Waals surface area contributed by atoms with Crippen molar-refractivity contribution in [3.8, 4) is 17.0 Å². The highest BCUT2D eigenvalue weighted by molar-refractivity contribution is 5.64. The number of nitrogens with zero attached hydrogens (tertiary/aromatic N) is 2. The fourth-order valence-corrected chi connectivity index (χ4v) is 1.69. The molecule has 4 nitrogen and oxygen atoms in total. The van der Waals surface area contributed by atoms with Gasteiger partial charge in [-0.05, 0) is 30.7 Å². The minimum Gasteiger partial charge on any atom is -0.496 e. The molecule has 0 amide bonds. The van der Waals surface area contributed by atoms with Crippen LogP contribution in [0.1, 0.15) is 5.56 Å². The molecule has 2 aromatic rings. The van der Waals surface area contributed by atoms with E-state index in [1.807, 2.05) is 32.2 Å². The second-order valence-corrected chi connectivity index (χ2v) is 3.72. The Morgan fingerprint density at radius 1 is 1.18 bits per heavy atom. The van der Waals surface area contributed by atoms with Gasteiger partial charge in [0.05, 0.1) is 12.8 Å². The molecule has 0 bridgehead atoms. The van der Waals surface area contributed by atoms with E-state index in [-0.39, 0.29) is 0 Å². The maximum absolute atomic E-state index is 5.24. The number of benzene rings is 1. The van der Waals surface area contributed by atoms with Crippen molar-refractivity contribution < 1.29 is 4.74 Å². The summed E-state index contributed by atoms with van der Waals surface area (Å²) in [6.07, 6.45) is 1.56. The third-order valence-electron chi connectivity index (χ3n) is 2.61. The van der Waals surface area contributed by atoms with Crippen LogP contribution in [0.5, 0.6) is 5.75 Å². The molecular weight excluding hydrogens is 214 g/mol. The van der Waals surface area contributed by atoms with Gasteiger partial charge in [-0.15, -0.1) is 0 Å². The lowest BCUT2D eigenvalue weighted by molar-refractivity contribution is 0.412. The molecule has 1 heterocycles. The molecule has 0 aliphatic heterocycles. The van der Waals surface area contributed by atoms with Crippen molar-refractivity contribution in [2.75, 3.05) is 19.5 Å². The Bertz CT molecular complexity index is 526. The number of aryl methyl sites for hydroxylation is 1. The van der Waals surface area contributed by atoms with Crippen molar-refractivity contribution in [3.63, 3.8) is 0 Å². The maximum atomic E-state index is 5.24. The Balaban J connectivity index is 2.42. The van der Waals surface area contributed by atoms with Crippen LogP contribution in [-0.2, 0) is 0 Å². The number of anilines is 1. The van der Waals surface area contributed by atoms with Crippen molar-refractivity contribution in [2.24, 2.45) is 0 Å². The van der Waals surface area contributed by atoms with E-state index in [2.05, 4.69) is 21.4 Å². The Morgan fingerprint density at radius 3 is 2.65 bits per heavy atom. The monoisotopic (exact) mass is 229 g/mol. The average molecular weight is 229 g/mol. The van der Waals surface area contributed by atoms with Crippen LogP contribution in [0.4, 0.5) is 5.82 Å². The molecule has 0 radical (unpaired) electrons. The molecule has 0 unspecified atom stereocenters. The first-order valence-corrected chi connectivity index (χ1v) is 5.39. The van der Waals surface area contributed by atoms with Gasteiger partial charge in [0.25, 0.3) is 0 Å². The van der Waals surface area contributed by atoms with E-state index in [1.54, 1.807) is 13.4 Å². The molecule has 88 valence electrons. The van der Waals surface area contributed by atoms with Gasteiger partial charge in [0, 0.05) is 18.7 Å². The number of nitrogens with one attached hydrogen (secondary N) is 1. The number of hydrogen-bond donors (Lipinski definition) is 1. The van der Waals surface area contributed by atoms with Gasteiger partial charge >= 0.3 is 0 Å². The molecule has 0 saturated carbocycles. The standard InChI is InChI=1S/C13H15N3O/c1-9-6-10(4-5-12(9)17-3)11-7-13(14-2)16-8-15-11/h4-8H,1-3H3,(H,14,15,16). The van der Waals surface area contributed by atoms with Crippen molar-refractivity contribution in [2.45, 2.75) is 6.92 Å². The first-order chi connectivity index (χ1) is 8.24. The van der Waals surface area contributed by atoms with Crippen LogP contribution in [0.25, 0.3) is 11.3 Å². The van der Waals surface area contributed by atoms with Gasteiger partial charge in [-0.25, -0.2) is 9.97 Å². The fourth-order valence-electron chi connectivity index (χ4n) is 1.69. The number of ether oxygens (including phenoxy) is 1. The molecule has 1 N–H and O–H groups in total. The van der Waals surface area contributed by atoms with Crippen LogP contribution in [0, 0.1) is 6.92 Å². The zero-order valence-electron chi connectivity index (χ0n) is 10.2. The van der Waals surface area contributed by atoms with Crippen LogP contribution < -0.4 is 10.1 Å². The largest absolute Gasteiger partial charge is 0.496 e. The predicted octanol–water partition coefficient (Wildman–Crippen LogP) is 2.50. The number of methoxy groups -OCH3 is 1. The topological polar surface area (TPSA) is 47.0 Å². The van der Waals surface area contributed by atoms with Crippen molar-refractivity contribution >= 4 is 5.82 Å². The molecule has 0 aliphatic rings. The smallest absolute Gasteiger partial charge is 0.129 e. The molecule has 0 aliphatic carbocycles. The molecule has 0 atom stereocenters. The van der Waals surface area contributed by atoms with E-state index < -0.39 is 0 Å². The number of aromatic nitrogens is 2. The molecular formula is C13H15N3O. The first-order valence-electron chi connectivity index (χ1n) is 5.39. The Labute approximate surface area is 101 Å². The van der Waals surface area contributed by atoms with Gasteiger partial charge in [-0.3, -0.25) is 0 Å². The zero-order chi connectivity index (χ0) is 12.3. The zero-order valence-corrected chi connectivity index (χ0v) is 10.2. The lowest BCUT2D eigenvalue weighted by Crippen LogP contribution is -1.94. The SMILES string of the molecule is CNc1cc(-c2ccc(OC)c(C)c2)ncn1. The Kier molecular flexibility index (Phi) is 3.23. The average Bonchev–Trinajstić information content (AvgIpc) is 2.38. The summed E-state index contributed by atoms with van der Waals surface area (Å²) in [5, 5.41) is 3.00. The van der Waals surface area contributed by atoms with Gasteiger partial charge in [0.1, 0.15) is 17.9 Å². The lowest BCUT2D eigenvalue weighted by Gasteiger charge is -2.07. The summed E-state index contributed by atoms with van der Waals surface area (Å²) >= 11 is 0. The molecule has 0 fully saturated rings. The second-order valence-electron chi connectivity index (χ2n) is 3.72. The van der Waals surface area contributed by atoms with Crippen LogP contribution in [-0.4, -0.2) is 24.1 Å². The molecule has 17 heavy (non-hydrogen) atoms. The molecule has 0 spiro atoms.